The van der Waals surface area contributed by atoms with Crippen molar-refractivity contribution in [1.29, 1.82) is 0 Å². The molecular weight excluding hydrogens is 765 g/mol. The minimum atomic E-state index is -0.930. The molecule has 1 amide bonds. The Morgan fingerprint density at radius 3 is 1.69 bits per heavy atom. The van der Waals surface area contributed by atoms with E-state index in [0.29, 0.717) is 42.3 Å². The van der Waals surface area contributed by atoms with E-state index >= 15 is 0 Å². The van der Waals surface area contributed by atoms with Crippen molar-refractivity contribution in [3.8, 4) is 0 Å². The van der Waals surface area contributed by atoms with Crippen LogP contribution >= 0.6 is 11.8 Å². The highest BCUT2D eigenvalue weighted by Gasteiger charge is 2.39. The first-order valence-corrected chi connectivity index (χ1v) is 23.4. The average Bonchev–Trinajstić information content (AvgIpc) is 3.90. The smallest absolute Gasteiger partial charge is 0.309 e. The van der Waals surface area contributed by atoms with Gasteiger partial charge in [-0.2, -0.15) is 0 Å². The summed E-state index contributed by atoms with van der Waals surface area (Å²) in [5.41, 5.74) is 0. The van der Waals surface area contributed by atoms with Gasteiger partial charge in [-0.3, -0.25) is 24.0 Å². The lowest BCUT2D eigenvalue weighted by Gasteiger charge is -2.31. The van der Waals surface area contributed by atoms with E-state index in [2.05, 4.69) is 4.90 Å². The third-order valence-electron chi connectivity index (χ3n) is 12.9. The largest absolute Gasteiger partial charge is 0.461 e. The third kappa shape index (κ3) is 16.9. The first kappa shape index (κ1) is 48.2. The van der Waals surface area contributed by atoms with Gasteiger partial charge in [-0.05, 0) is 115 Å². The predicted octanol–water partition coefficient (Wildman–Crippen LogP) is 6.80. The molecule has 4 fully saturated rings. The van der Waals surface area contributed by atoms with E-state index in [-0.39, 0.29) is 87.5 Å². The van der Waals surface area contributed by atoms with Gasteiger partial charge in [0.1, 0.15) is 19.3 Å². The number of nitrogens with zero attached hydrogens (tertiary/aromatic N) is 2. The van der Waals surface area contributed by atoms with Crippen LogP contribution < -0.4 is 0 Å². The summed E-state index contributed by atoms with van der Waals surface area (Å²) in [5.74, 6) is 1.33. The summed E-state index contributed by atoms with van der Waals surface area (Å²) in [6.45, 7) is 4.71. The molecule has 0 radical (unpaired) electrons. The van der Waals surface area contributed by atoms with E-state index in [1.54, 1.807) is 4.90 Å². The van der Waals surface area contributed by atoms with Crippen LogP contribution in [0.3, 0.4) is 0 Å². The van der Waals surface area contributed by atoms with Gasteiger partial charge in [-0.15, -0.1) is 0 Å². The molecule has 4 aliphatic rings. The number of aliphatic hydroxyl groups is 1. The summed E-state index contributed by atoms with van der Waals surface area (Å²) >= 11 is 1.21. The second kappa shape index (κ2) is 26.0. The molecule has 0 aromatic rings. The summed E-state index contributed by atoms with van der Waals surface area (Å²) in [6, 6.07) is 0. The number of esters is 4. The van der Waals surface area contributed by atoms with Crippen LogP contribution in [-0.4, -0.2) is 128 Å². The molecule has 0 saturated heterocycles. The Morgan fingerprint density at radius 2 is 1.19 bits per heavy atom. The fourth-order valence-corrected chi connectivity index (χ4v) is 10.1. The highest BCUT2D eigenvalue weighted by Crippen LogP contribution is 2.45. The van der Waals surface area contributed by atoms with E-state index in [1.807, 2.05) is 27.9 Å². The van der Waals surface area contributed by atoms with Crippen molar-refractivity contribution >= 4 is 40.9 Å². The van der Waals surface area contributed by atoms with Crippen LogP contribution in [0.2, 0.25) is 0 Å². The maximum absolute atomic E-state index is 13.3. The van der Waals surface area contributed by atoms with Gasteiger partial charge in [0.25, 0.3) is 5.24 Å². The number of fused-ring (bicyclic) bond motifs is 2. The number of hydrogen-bond donors (Lipinski definition) is 1. The van der Waals surface area contributed by atoms with Gasteiger partial charge >= 0.3 is 23.9 Å². The van der Waals surface area contributed by atoms with Gasteiger partial charge in [0.2, 0.25) is 0 Å². The number of hydrogen-bond acceptors (Lipinski definition) is 13. The lowest BCUT2D eigenvalue weighted by Crippen LogP contribution is -2.35. The van der Waals surface area contributed by atoms with E-state index in [4.69, 9.17) is 23.7 Å². The van der Waals surface area contributed by atoms with Crippen LogP contribution in [-0.2, 0) is 42.9 Å². The van der Waals surface area contributed by atoms with Gasteiger partial charge < -0.3 is 38.6 Å². The molecule has 332 valence electrons. The molecule has 58 heavy (non-hydrogen) atoms. The Kier molecular flexibility index (Phi) is 21.7. The van der Waals surface area contributed by atoms with Crippen LogP contribution in [0.15, 0.2) is 0 Å². The number of thioether (sulfide) groups is 1. The number of carbonyl (C=O) groups is 5. The number of rotatable bonds is 25. The van der Waals surface area contributed by atoms with Crippen molar-refractivity contribution in [2.75, 3.05) is 65.9 Å². The van der Waals surface area contributed by atoms with Crippen molar-refractivity contribution in [1.82, 2.24) is 9.80 Å². The average molecular weight is 839 g/mol. The molecular formula is C44H74N2O11S. The van der Waals surface area contributed by atoms with E-state index in [9.17, 15) is 29.1 Å². The highest BCUT2D eigenvalue weighted by molar-refractivity contribution is 8.13. The molecule has 0 aromatic carbocycles. The molecule has 4 rings (SSSR count). The summed E-state index contributed by atoms with van der Waals surface area (Å²) in [4.78, 5) is 69.3. The SMILES string of the molecule is CCC(C)OCC(CO)OC(=O)CCCN(CCCC(=O)OC(COC(=O)C1CCC2CCCC2C1)COC(=O)C1CCC2CCCC2C1)C(=O)SCCCN(C)C. The van der Waals surface area contributed by atoms with Crippen molar-refractivity contribution in [3.63, 3.8) is 0 Å². The van der Waals surface area contributed by atoms with Gasteiger partial charge in [0.15, 0.2) is 6.10 Å². The fourth-order valence-electron chi connectivity index (χ4n) is 9.29. The summed E-state index contributed by atoms with van der Waals surface area (Å²) < 4.78 is 28.4. The molecule has 14 heteroatoms. The topological polar surface area (TPSA) is 158 Å². The van der Waals surface area contributed by atoms with Crippen molar-refractivity contribution in [2.45, 2.75) is 148 Å². The van der Waals surface area contributed by atoms with Crippen LogP contribution in [0.5, 0.6) is 0 Å². The number of aliphatic hydroxyl groups excluding tert-OH is 1. The molecule has 13 nitrogen and oxygen atoms in total. The Morgan fingerprint density at radius 1 is 0.672 bits per heavy atom. The van der Waals surface area contributed by atoms with Crippen LogP contribution in [0.4, 0.5) is 4.79 Å². The molecule has 8 unspecified atom stereocenters. The summed E-state index contributed by atoms with van der Waals surface area (Å²) in [7, 11) is 3.96. The maximum Gasteiger partial charge on any atom is 0.309 e. The van der Waals surface area contributed by atoms with Gasteiger partial charge in [-0.1, -0.05) is 57.2 Å². The first-order chi connectivity index (χ1) is 27.9. The van der Waals surface area contributed by atoms with E-state index in [0.717, 1.165) is 70.8 Å². The van der Waals surface area contributed by atoms with E-state index in [1.165, 1.54) is 37.4 Å². The second-order valence-corrected chi connectivity index (χ2v) is 18.7. The molecule has 4 saturated carbocycles. The quantitative estimate of drug-likeness (QED) is 0.0582. The highest BCUT2D eigenvalue weighted by atomic mass is 32.2. The lowest BCUT2D eigenvalue weighted by molar-refractivity contribution is -0.171. The predicted molar refractivity (Wildman–Crippen MR) is 222 cm³/mol. The van der Waals surface area contributed by atoms with Gasteiger partial charge in [0.05, 0.1) is 31.2 Å². The third-order valence-corrected chi connectivity index (χ3v) is 13.9. The molecule has 0 spiro atoms. The monoisotopic (exact) mass is 839 g/mol. The Hall–Kier alpha value is -2.42. The van der Waals surface area contributed by atoms with Crippen molar-refractivity contribution in [2.24, 2.45) is 35.5 Å². The first-order valence-electron chi connectivity index (χ1n) is 22.5. The molecule has 1 N–H and O–H groups in total. The molecule has 0 aliphatic heterocycles. The summed E-state index contributed by atoms with van der Waals surface area (Å²) in [6.07, 6.45) is 13.3. The zero-order valence-corrected chi connectivity index (χ0v) is 36.7. The van der Waals surface area contributed by atoms with Crippen LogP contribution in [0.25, 0.3) is 0 Å². The molecule has 0 aromatic heterocycles. The zero-order valence-electron chi connectivity index (χ0n) is 35.9. The Balaban J connectivity index is 1.28. The Labute approximate surface area is 351 Å². The van der Waals surface area contributed by atoms with E-state index < -0.39 is 24.1 Å². The van der Waals surface area contributed by atoms with Gasteiger partial charge in [0, 0.05) is 31.7 Å². The fraction of sp³-hybridized carbons (Fsp3) is 0.886. The van der Waals surface area contributed by atoms with Crippen LogP contribution in [0, 0.1) is 35.5 Å². The number of ether oxygens (including phenoxy) is 5. The lowest BCUT2D eigenvalue weighted by atomic mass is 9.76. The Bertz CT molecular complexity index is 1240. The maximum atomic E-state index is 13.3. The summed E-state index contributed by atoms with van der Waals surface area (Å²) in [5, 5.41) is 9.52. The molecule has 8 atom stereocenters. The number of amides is 1. The van der Waals surface area contributed by atoms with Crippen molar-refractivity contribution < 1.29 is 52.8 Å². The molecule has 0 bridgehead atoms. The normalized spacial score (nSPS) is 25.6. The number of carbonyl (C=O) groups excluding carboxylic acids is 5. The minimum Gasteiger partial charge on any atom is -0.461 e. The molecule has 0 heterocycles. The zero-order chi connectivity index (χ0) is 41.9. The van der Waals surface area contributed by atoms with Crippen molar-refractivity contribution in [3.05, 3.63) is 0 Å². The standard InChI is InChI=1S/C44H74N2O11S/c1-5-31(2)53-28-38(27-47)56-40(48)15-8-22-46(44(52)58-24-10-21-45(3)4)23-9-16-41(49)57-39(29-54-42(50)36-19-17-32-11-6-13-34(32)25-36)30-55-43(51)37-20-18-33-12-7-14-35(33)26-37/h31-39,47H,5-30H2,1-4H3. The van der Waals surface area contributed by atoms with Crippen LogP contribution in [0.1, 0.15) is 129 Å². The van der Waals surface area contributed by atoms with Gasteiger partial charge in [-0.25, -0.2) is 0 Å². The second-order valence-electron chi connectivity index (χ2n) is 17.6. The minimum absolute atomic E-state index is 0.00125. The molecule has 4 aliphatic carbocycles.